The maximum atomic E-state index is 12.6. The zero-order valence-corrected chi connectivity index (χ0v) is 13.3. The third-order valence-corrected chi connectivity index (χ3v) is 3.72. The van der Waals surface area contributed by atoms with Gasteiger partial charge in [-0.25, -0.2) is 4.98 Å². The van der Waals surface area contributed by atoms with Crippen LogP contribution in [-0.2, 0) is 12.6 Å². The number of carbonyl (C=O) groups is 1. The number of hydrogen-bond donors (Lipinski definition) is 0. The number of nitrogens with zero attached hydrogens (tertiary/aromatic N) is 1. The molecule has 0 fully saturated rings. The number of aromatic nitrogens is 1. The molecule has 0 aliphatic carbocycles. The second-order valence-corrected chi connectivity index (χ2v) is 5.59. The predicted molar refractivity (Wildman–Crippen MR) is 86.2 cm³/mol. The van der Waals surface area contributed by atoms with Crippen LogP contribution < -0.4 is 0 Å². The number of rotatable bonds is 4. The van der Waals surface area contributed by atoms with Crippen molar-refractivity contribution in [2.24, 2.45) is 0 Å². The third kappa shape index (κ3) is 3.79. The van der Waals surface area contributed by atoms with Crippen LogP contribution in [0.4, 0.5) is 13.2 Å². The monoisotopic (exact) mass is 345 g/mol. The minimum Gasteiger partial charge on any atom is -0.433 e. The second kappa shape index (κ2) is 6.55. The lowest BCUT2D eigenvalue weighted by molar-refractivity contribution is -0.137. The van der Waals surface area contributed by atoms with E-state index in [2.05, 4.69) is 4.98 Å². The zero-order valence-electron chi connectivity index (χ0n) is 13.3. The smallest absolute Gasteiger partial charge is 0.416 e. The summed E-state index contributed by atoms with van der Waals surface area (Å²) in [6, 6.07) is 13.7. The van der Waals surface area contributed by atoms with Crippen molar-refractivity contribution in [1.29, 1.82) is 0 Å². The van der Waals surface area contributed by atoms with Crippen LogP contribution in [0, 0.1) is 6.92 Å². The Balaban J connectivity index is 1.84. The number of halogens is 3. The van der Waals surface area contributed by atoms with E-state index in [9.17, 15) is 18.0 Å². The quantitative estimate of drug-likeness (QED) is 0.618. The molecule has 0 saturated carbocycles. The summed E-state index contributed by atoms with van der Waals surface area (Å²) in [6.07, 6.45) is -4.23. The van der Waals surface area contributed by atoms with E-state index in [0.29, 0.717) is 11.3 Å². The molecule has 6 heteroatoms. The van der Waals surface area contributed by atoms with Gasteiger partial charge in [0.15, 0.2) is 5.76 Å². The molecule has 0 unspecified atom stereocenters. The van der Waals surface area contributed by atoms with Crippen LogP contribution >= 0.6 is 0 Å². The van der Waals surface area contributed by atoms with Gasteiger partial charge in [0.1, 0.15) is 0 Å². The molecule has 0 radical (unpaired) electrons. The molecule has 0 bridgehead atoms. The third-order valence-electron chi connectivity index (χ3n) is 3.72. The first-order valence-corrected chi connectivity index (χ1v) is 7.57. The predicted octanol–water partition coefficient (Wildman–Crippen LogP) is 5.09. The Labute approximate surface area is 142 Å². The van der Waals surface area contributed by atoms with Crippen molar-refractivity contribution in [3.63, 3.8) is 0 Å². The summed E-state index contributed by atoms with van der Waals surface area (Å²) in [7, 11) is 0. The zero-order chi connectivity index (χ0) is 18.0. The Kier molecular flexibility index (Phi) is 4.44. The molecule has 0 spiro atoms. The van der Waals surface area contributed by atoms with Crippen molar-refractivity contribution in [2.75, 3.05) is 0 Å². The molecule has 1 aromatic heterocycles. The van der Waals surface area contributed by atoms with Gasteiger partial charge in [-0.1, -0.05) is 30.3 Å². The van der Waals surface area contributed by atoms with E-state index in [-0.39, 0.29) is 23.9 Å². The van der Waals surface area contributed by atoms with E-state index < -0.39 is 11.7 Å². The highest BCUT2D eigenvalue weighted by Gasteiger charge is 2.30. The molecule has 1 heterocycles. The largest absolute Gasteiger partial charge is 0.433 e. The van der Waals surface area contributed by atoms with Gasteiger partial charge in [-0.05, 0) is 36.8 Å². The van der Waals surface area contributed by atoms with Crippen LogP contribution in [0.25, 0.3) is 11.5 Å². The number of Topliss-reactive ketones (excluding diaryl/α,β-unsaturated/α-hetero) is 1. The molecule has 2 aromatic carbocycles. The fourth-order valence-corrected chi connectivity index (χ4v) is 2.44. The number of hydrogen-bond acceptors (Lipinski definition) is 3. The number of benzene rings is 2. The summed E-state index contributed by atoms with van der Waals surface area (Å²) in [6.45, 7) is 1.63. The summed E-state index contributed by atoms with van der Waals surface area (Å²) in [4.78, 5) is 16.5. The van der Waals surface area contributed by atoms with E-state index >= 15 is 0 Å². The highest BCUT2D eigenvalue weighted by Crippen LogP contribution is 2.31. The molecule has 128 valence electrons. The fourth-order valence-electron chi connectivity index (χ4n) is 2.44. The van der Waals surface area contributed by atoms with Crippen molar-refractivity contribution >= 4 is 5.78 Å². The number of aryl methyl sites for hydroxylation is 1. The van der Waals surface area contributed by atoms with Gasteiger partial charge in [0, 0.05) is 12.0 Å². The van der Waals surface area contributed by atoms with Crippen LogP contribution in [0.5, 0.6) is 0 Å². The molecule has 0 aliphatic heterocycles. The van der Waals surface area contributed by atoms with Gasteiger partial charge in [-0.2, -0.15) is 13.2 Å². The Hall–Kier alpha value is -2.89. The van der Waals surface area contributed by atoms with Crippen molar-refractivity contribution in [3.8, 4) is 11.5 Å². The molecule has 3 aromatic rings. The van der Waals surface area contributed by atoms with E-state index in [0.717, 1.165) is 17.7 Å². The van der Waals surface area contributed by atoms with E-state index in [1.54, 1.807) is 6.92 Å². The van der Waals surface area contributed by atoms with Gasteiger partial charge >= 0.3 is 6.18 Å². The van der Waals surface area contributed by atoms with Crippen molar-refractivity contribution in [2.45, 2.75) is 19.5 Å². The van der Waals surface area contributed by atoms with E-state index in [1.807, 2.05) is 30.3 Å². The number of alkyl halides is 3. The summed E-state index contributed by atoms with van der Waals surface area (Å²) in [5.41, 5.74) is 0.893. The Bertz CT molecular complexity index is 881. The molecule has 0 saturated heterocycles. The van der Waals surface area contributed by atoms with Gasteiger partial charge in [-0.15, -0.1) is 0 Å². The molecular weight excluding hydrogens is 331 g/mol. The molecule has 0 aliphatic rings. The SMILES string of the molecule is Cc1nc(-c2ccc(C(F)(F)F)cc2)oc1C(=O)Cc1ccccc1. The first kappa shape index (κ1) is 17.0. The number of carbonyl (C=O) groups excluding carboxylic acids is 1. The number of oxazole rings is 1. The minimum absolute atomic E-state index is 0.124. The first-order chi connectivity index (χ1) is 11.8. The minimum atomic E-state index is -4.40. The molecule has 0 atom stereocenters. The van der Waals surface area contributed by atoms with Crippen LogP contribution in [0.3, 0.4) is 0 Å². The van der Waals surface area contributed by atoms with Crippen LogP contribution in [0.2, 0.25) is 0 Å². The lowest BCUT2D eigenvalue weighted by Gasteiger charge is -2.06. The maximum Gasteiger partial charge on any atom is 0.416 e. The van der Waals surface area contributed by atoms with E-state index in [4.69, 9.17) is 4.42 Å². The molecule has 0 amide bonds. The highest BCUT2D eigenvalue weighted by atomic mass is 19.4. The van der Waals surface area contributed by atoms with Crippen LogP contribution in [0.1, 0.15) is 27.4 Å². The Morgan fingerprint density at radius 2 is 1.68 bits per heavy atom. The summed E-state index contributed by atoms with van der Waals surface area (Å²) in [5.74, 6) is 0.0238. The number of ketones is 1. The molecule has 3 nitrogen and oxygen atoms in total. The lowest BCUT2D eigenvalue weighted by Crippen LogP contribution is -2.04. The average Bonchev–Trinajstić information content (AvgIpc) is 2.97. The van der Waals surface area contributed by atoms with Gasteiger partial charge in [0.25, 0.3) is 0 Å². The van der Waals surface area contributed by atoms with Gasteiger partial charge in [0.2, 0.25) is 11.7 Å². The van der Waals surface area contributed by atoms with Crippen molar-refractivity contribution in [1.82, 2.24) is 4.98 Å². The Morgan fingerprint density at radius 1 is 1.04 bits per heavy atom. The van der Waals surface area contributed by atoms with Crippen molar-refractivity contribution < 1.29 is 22.4 Å². The summed E-state index contributed by atoms with van der Waals surface area (Å²) in [5, 5.41) is 0. The normalized spacial score (nSPS) is 11.5. The molecule has 25 heavy (non-hydrogen) atoms. The van der Waals surface area contributed by atoms with Gasteiger partial charge in [-0.3, -0.25) is 4.79 Å². The summed E-state index contributed by atoms with van der Waals surface area (Å²) >= 11 is 0. The lowest BCUT2D eigenvalue weighted by atomic mass is 10.1. The highest BCUT2D eigenvalue weighted by molar-refractivity contribution is 5.96. The maximum absolute atomic E-state index is 12.6. The molecule has 3 rings (SSSR count). The summed E-state index contributed by atoms with van der Waals surface area (Å²) < 4.78 is 43.4. The van der Waals surface area contributed by atoms with Crippen LogP contribution in [-0.4, -0.2) is 10.8 Å². The van der Waals surface area contributed by atoms with Gasteiger partial charge < -0.3 is 4.42 Å². The average molecular weight is 345 g/mol. The van der Waals surface area contributed by atoms with Crippen LogP contribution in [0.15, 0.2) is 59.0 Å². The topological polar surface area (TPSA) is 43.1 Å². The first-order valence-electron chi connectivity index (χ1n) is 7.57. The van der Waals surface area contributed by atoms with E-state index in [1.165, 1.54) is 12.1 Å². The molecule has 0 N–H and O–H groups in total. The van der Waals surface area contributed by atoms with Crippen molar-refractivity contribution in [3.05, 3.63) is 77.2 Å². The second-order valence-electron chi connectivity index (χ2n) is 5.59. The van der Waals surface area contributed by atoms with Gasteiger partial charge in [0.05, 0.1) is 11.3 Å². The fraction of sp³-hybridized carbons (Fsp3) is 0.158. The Morgan fingerprint density at radius 3 is 2.28 bits per heavy atom. The standard InChI is InChI=1S/C19H14F3NO2/c1-12-17(16(24)11-13-5-3-2-4-6-13)25-18(23-12)14-7-9-15(10-8-14)19(20,21)22/h2-10H,11H2,1H3. The molecular formula is C19H14F3NO2.